The topological polar surface area (TPSA) is 99.1 Å². The monoisotopic (exact) mass is 685 g/mol. The van der Waals surface area contributed by atoms with Crippen LogP contribution in [0.2, 0.25) is 0 Å². The summed E-state index contributed by atoms with van der Waals surface area (Å²) in [7, 11) is 2.77. The molecule has 0 unspecified atom stereocenters. The first-order valence-electron chi connectivity index (χ1n) is 15.5. The summed E-state index contributed by atoms with van der Waals surface area (Å²) >= 11 is 0. The number of aryl methyl sites for hydroxylation is 1. The lowest BCUT2D eigenvalue weighted by Crippen LogP contribution is -2.53. The molecule has 9 nitrogen and oxygen atoms in total. The molecule has 3 aromatic carbocycles. The van der Waals surface area contributed by atoms with Crippen LogP contribution in [0.5, 0.6) is 5.75 Å². The molecular weight excluding hydrogens is 653 g/mol. The zero-order chi connectivity index (χ0) is 35.0. The first-order chi connectivity index (χ1) is 23.4. The number of hydrogen-bond acceptors (Lipinski definition) is 7. The van der Waals surface area contributed by atoms with E-state index in [9.17, 15) is 27.6 Å². The zero-order valence-corrected chi connectivity index (χ0v) is 26.5. The Morgan fingerprint density at radius 1 is 1.04 bits per heavy atom. The Bertz CT molecular complexity index is 1970. The third-order valence-electron chi connectivity index (χ3n) is 8.91. The predicted molar refractivity (Wildman–Crippen MR) is 170 cm³/mol. The molecule has 0 spiro atoms. The number of ether oxygens (including phenoxy) is 3. The van der Waals surface area contributed by atoms with E-state index in [1.165, 1.54) is 0 Å². The number of esters is 1. The van der Waals surface area contributed by atoms with Crippen molar-refractivity contribution in [1.29, 1.82) is 0 Å². The number of morpholine rings is 1. The van der Waals surface area contributed by atoms with Gasteiger partial charge in [-0.1, -0.05) is 30.3 Å². The van der Waals surface area contributed by atoms with E-state index in [4.69, 9.17) is 14.2 Å². The van der Waals surface area contributed by atoms with Crippen LogP contribution in [0.15, 0.2) is 59.4 Å². The van der Waals surface area contributed by atoms with Gasteiger partial charge < -0.3 is 29.0 Å². The Balaban J connectivity index is 1.30. The number of aromatic nitrogens is 1. The van der Waals surface area contributed by atoms with Gasteiger partial charge in [0.05, 0.1) is 38.0 Å². The van der Waals surface area contributed by atoms with Crippen molar-refractivity contribution >= 4 is 28.5 Å². The Morgan fingerprint density at radius 2 is 1.78 bits per heavy atom. The fourth-order valence-corrected chi connectivity index (χ4v) is 6.46. The van der Waals surface area contributed by atoms with E-state index in [0.717, 1.165) is 22.9 Å². The molecule has 3 heterocycles. The molecule has 0 radical (unpaired) electrons. The summed E-state index contributed by atoms with van der Waals surface area (Å²) < 4.78 is 88.7. The highest BCUT2D eigenvalue weighted by Gasteiger charge is 2.46. The van der Waals surface area contributed by atoms with Crippen molar-refractivity contribution in [3.8, 4) is 16.9 Å². The molecule has 1 fully saturated rings. The van der Waals surface area contributed by atoms with Crippen LogP contribution in [0, 0.1) is 11.6 Å². The van der Waals surface area contributed by atoms with Crippen LogP contribution >= 0.6 is 0 Å². The SMILES string of the molecule is COC(=O)[C@H](Cc1ccc(-c2cc3ccccc3n(C)c2=O)c2c1CCCO2)NC(=O)c1c(F)cc(N2CCOC[C@@H]2C(F)(F)F)cc1F. The number of hydrogen-bond donors (Lipinski definition) is 1. The first kappa shape index (κ1) is 33.9. The Labute approximate surface area is 277 Å². The van der Waals surface area contributed by atoms with E-state index in [2.05, 4.69) is 5.32 Å². The number of amides is 1. The second-order valence-corrected chi connectivity index (χ2v) is 11.9. The van der Waals surface area contributed by atoms with Crippen molar-refractivity contribution in [3.05, 3.63) is 93.3 Å². The summed E-state index contributed by atoms with van der Waals surface area (Å²) in [4.78, 5) is 40.3. The maximum absolute atomic E-state index is 15.3. The highest BCUT2D eigenvalue weighted by Crippen LogP contribution is 2.39. The lowest BCUT2D eigenvalue weighted by Gasteiger charge is -2.38. The molecule has 1 amide bonds. The molecule has 1 aromatic heterocycles. The number of anilines is 1. The van der Waals surface area contributed by atoms with Gasteiger partial charge in [-0.25, -0.2) is 13.6 Å². The van der Waals surface area contributed by atoms with E-state index in [1.807, 2.05) is 24.3 Å². The van der Waals surface area contributed by atoms with E-state index < -0.39 is 59.6 Å². The summed E-state index contributed by atoms with van der Waals surface area (Å²) in [6.45, 7) is -0.698. The van der Waals surface area contributed by atoms with E-state index >= 15 is 8.78 Å². The molecule has 1 saturated heterocycles. The number of benzene rings is 3. The molecule has 2 aliphatic heterocycles. The number of nitrogens with one attached hydrogen (secondary N) is 1. The van der Waals surface area contributed by atoms with Crippen molar-refractivity contribution < 1.29 is 45.8 Å². The number of fused-ring (bicyclic) bond motifs is 2. The summed E-state index contributed by atoms with van der Waals surface area (Å²) in [5.74, 6) is -4.55. The second kappa shape index (κ2) is 13.5. The summed E-state index contributed by atoms with van der Waals surface area (Å²) in [5.41, 5.74) is 1.30. The number of carbonyl (C=O) groups is 2. The number of halogens is 5. The average Bonchev–Trinajstić information content (AvgIpc) is 3.08. The number of carbonyl (C=O) groups excluding carboxylic acids is 2. The molecule has 14 heteroatoms. The molecule has 0 bridgehead atoms. The molecule has 1 N–H and O–H groups in total. The molecule has 258 valence electrons. The number of pyridine rings is 1. The molecule has 0 aliphatic carbocycles. The van der Waals surface area contributed by atoms with Crippen LogP contribution < -0.4 is 20.5 Å². The Morgan fingerprint density at radius 3 is 2.49 bits per heavy atom. The smallest absolute Gasteiger partial charge is 0.411 e. The number of alkyl halides is 3. The van der Waals surface area contributed by atoms with Crippen molar-refractivity contribution in [2.45, 2.75) is 37.5 Å². The quantitative estimate of drug-likeness (QED) is 0.214. The molecule has 4 aromatic rings. The Hall–Kier alpha value is -4.98. The highest BCUT2D eigenvalue weighted by atomic mass is 19.4. The molecule has 0 saturated carbocycles. The van der Waals surface area contributed by atoms with Gasteiger partial charge in [-0.15, -0.1) is 0 Å². The minimum atomic E-state index is -4.73. The number of para-hydroxylation sites is 1. The molecule has 2 aliphatic rings. The first-order valence-corrected chi connectivity index (χ1v) is 15.5. The summed E-state index contributed by atoms with van der Waals surface area (Å²) in [6.07, 6.45) is -3.72. The standard InChI is InChI=1S/C35H32F5N3O6/c1-42-28-8-4-3-6-20(28)14-24(33(42)45)23-10-9-19(22-7-5-12-49-31(22)23)15-27(34(46)47-2)41-32(44)30-25(36)16-21(17-26(30)37)43-11-13-48-18-29(43)35(38,39)40/h3-4,6,8-10,14,16-17,27,29H,5,7,11-13,15,18H2,1-2H3,(H,41,44)/t27-,29+/m0/s1. The van der Waals surface area contributed by atoms with Gasteiger partial charge in [0.1, 0.15) is 35.0 Å². The zero-order valence-electron chi connectivity index (χ0n) is 26.5. The van der Waals surface area contributed by atoms with Gasteiger partial charge >= 0.3 is 12.1 Å². The maximum atomic E-state index is 15.3. The van der Waals surface area contributed by atoms with E-state index in [1.54, 1.807) is 29.8 Å². The number of nitrogens with zero attached hydrogens (tertiary/aromatic N) is 2. The van der Waals surface area contributed by atoms with Crippen LogP contribution in [0.4, 0.5) is 27.6 Å². The minimum Gasteiger partial charge on any atom is -0.493 e. The largest absolute Gasteiger partial charge is 0.493 e. The maximum Gasteiger partial charge on any atom is 0.411 e. The van der Waals surface area contributed by atoms with E-state index in [-0.39, 0.29) is 25.1 Å². The van der Waals surface area contributed by atoms with Crippen molar-refractivity contribution in [3.63, 3.8) is 0 Å². The average molecular weight is 686 g/mol. The third kappa shape index (κ3) is 6.56. The van der Waals surface area contributed by atoms with Crippen LogP contribution in [-0.4, -0.2) is 68.2 Å². The van der Waals surface area contributed by atoms with Crippen molar-refractivity contribution in [1.82, 2.24) is 9.88 Å². The minimum absolute atomic E-state index is 0.0898. The Kier molecular flexibility index (Phi) is 9.34. The van der Waals surface area contributed by atoms with Gasteiger partial charge in [-0.05, 0) is 53.6 Å². The lowest BCUT2D eigenvalue weighted by atomic mass is 9.90. The van der Waals surface area contributed by atoms with Crippen LogP contribution in [-0.2, 0) is 34.2 Å². The normalized spacial score (nSPS) is 16.9. The molecule has 6 rings (SSSR count). The molecule has 2 atom stereocenters. The number of rotatable bonds is 7. The summed E-state index contributed by atoms with van der Waals surface area (Å²) in [6, 6.07) is 10.4. The molecular formula is C35H32F5N3O6. The third-order valence-corrected chi connectivity index (χ3v) is 8.91. The second-order valence-electron chi connectivity index (χ2n) is 11.9. The fraction of sp³-hybridized carbons (Fsp3) is 0.343. The fourth-order valence-electron chi connectivity index (χ4n) is 6.46. The number of methoxy groups -OCH3 is 1. The van der Waals surface area contributed by atoms with Gasteiger partial charge in [0.25, 0.3) is 11.5 Å². The highest BCUT2D eigenvalue weighted by molar-refractivity contribution is 5.97. The van der Waals surface area contributed by atoms with Gasteiger partial charge in [0.2, 0.25) is 0 Å². The van der Waals surface area contributed by atoms with Crippen LogP contribution in [0.1, 0.15) is 27.9 Å². The van der Waals surface area contributed by atoms with Gasteiger partial charge in [0, 0.05) is 31.3 Å². The van der Waals surface area contributed by atoms with Crippen LogP contribution in [0.3, 0.4) is 0 Å². The predicted octanol–water partition coefficient (Wildman–Crippen LogP) is 5.09. The summed E-state index contributed by atoms with van der Waals surface area (Å²) in [5, 5.41) is 3.18. The van der Waals surface area contributed by atoms with Gasteiger partial charge in [-0.3, -0.25) is 9.59 Å². The van der Waals surface area contributed by atoms with E-state index in [0.29, 0.717) is 59.6 Å². The van der Waals surface area contributed by atoms with Crippen LogP contribution in [0.25, 0.3) is 22.0 Å². The lowest BCUT2D eigenvalue weighted by molar-refractivity contribution is -0.167. The van der Waals surface area contributed by atoms with Gasteiger partial charge in [-0.2, -0.15) is 13.2 Å². The molecule has 49 heavy (non-hydrogen) atoms. The van der Waals surface area contributed by atoms with Gasteiger partial charge in [0.15, 0.2) is 0 Å². The van der Waals surface area contributed by atoms with Crippen molar-refractivity contribution in [2.75, 3.05) is 38.4 Å². The van der Waals surface area contributed by atoms with Crippen molar-refractivity contribution in [2.24, 2.45) is 7.05 Å².